The van der Waals surface area contributed by atoms with E-state index in [0.29, 0.717) is 12.5 Å². The first-order chi connectivity index (χ1) is 6.88. The number of alkyl halides is 1. The molecule has 0 aromatic heterocycles. The molecule has 1 aromatic rings. The minimum atomic E-state index is 0.684. The predicted molar refractivity (Wildman–Crippen MR) is 61.4 cm³/mol. The minimum Gasteiger partial charge on any atom is -0.492 e. The summed E-state index contributed by atoms with van der Waals surface area (Å²) in [4.78, 5) is 0. The van der Waals surface area contributed by atoms with Crippen molar-refractivity contribution in [2.75, 3.05) is 24.3 Å². The molecule has 3 heteroatoms. The lowest BCUT2D eigenvalue weighted by atomic mass is 10.3. The molecule has 1 aromatic carbocycles. The van der Waals surface area contributed by atoms with E-state index in [0.717, 1.165) is 24.4 Å². The van der Waals surface area contributed by atoms with E-state index in [-0.39, 0.29) is 0 Å². The molecule has 2 nitrogen and oxygen atoms in total. The van der Waals surface area contributed by atoms with Crippen LogP contribution in [-0.4, -0.2) is 19.0 Å². The van der Waals surface area contributed by atoms with Gasteiger partial charge in [-0.1, -0.05) is 12.1 Å². The maximum Gasteiger partial charge on any atom is 0.142 e. The van der Waals surface area contributed by atoms with Gasteiger partial charge in [-0.05, 0) is 25.5 Å². The van der Waals surface area contributed by atoms with Gasteiger partial charge in [-0.25, -0.2) is 0 Å². The fraction of sp³-hybridized carbons (Fsp3) is 0.455. The molecule has 14 heavy (non-hydrogen) atoms. The van der Waals surface area contributed by atoms with Gasteiger partial charge in [0.15, 0.2) is 0 Å². The van der Waals surface area contributed by atoms with Gasteiger partial charge >= 0.3 is 0 Å². The molecule has 0 saturated carbocycles. The highest BCUT2D eigenvalue weighted by molar-refractivity contribution is 6.17. The van der Waals surface area contributed by atoms with E-state index in [9.17, 15) is 0 Å². The summed E-state index contributed by atoms with van der Waals surface area (Å²) in [6.07, 6.45) is 0.960. The molecule has 0 aliphatic rings. The van der Waals surface area contributed by atoms with E-state index in [1.165, 1.54) is 0 Å². The molecule has 0 bridgehead atoms. The lowest BCUT2D eigenvalue weighted by molar-refractivity contribution is 0.341. The van der Waals surface area contributed by atoms with Crippen molar-refractivity contribution in [2.45, 2.75) is 13.3 Å². The number of halogens is 1. The molecule has 0 saturated heterocycles. The zero-order chi connectivity index (χ0) is 10.2. The number of ether oxygens (including phenoxy) is 1. The number of anilines is 1. The van der Waals surface area contributed by atoms with Gasteiger partial charge in [-0.15, -0.1) is 11.6 Å². The van der Waals surface area contributed by atoms with E-state index in [4.69, 9.17) is 16.3 Å². The molecule has 1 rings (SSSR count). The molecule has 0 radical (unpaired) electrons. The topological polar surface area (TPSA) is 21.3 Å². The van der Waals surface area contributed by atoms with Crippen LogP contribution in [0.1, 0.15) is 13.3 Å². The van der Waals surface area contributed by atoms with Crippen molar-refractivity contribution >= 4 is 17.3 Å². The van der Waals surface area contributed by atoms with Crippen molar-refractivity contribution in [1.82, 2.24) is 0 Å². The highest BCUT2D eigenvalue weighted by Crippen LogP contribution is 2.23. The smallest absolute Gasteiger partial charge is 0.142 e. The van der Waals surface area contributed by atoms with Crippen LogP contribution in [0.25, 0.3) is 0 Å². The van der Waals surface area contributed by atoms with E-state index in [1.807, 2.05) is 31.2 Å². The van der Waals surface area contributed by atoms with E-state index < -0.39 is 0 Å². The van der Waals surface area contributed by atoms with Gasteiger partial charge in [0, 0.05) is 12.4 Å². The van der Waals surface area contributed by atoms with Crippen LogP contribution in [0.2, 0.25) is 0 Å². The summed E-state index contributed by atoms with van der Waals surface area (Å²) in [6.45, 7) is 3.55. The largest absolute Gasteiger partial charge is 0.492 e. The van der Waals surface area contributed by atoms with Gasteiger partial charge < -0.3 is 10.1 Å². The van der Waals surface area contributed by atoms with Gasteiger partial charge in [-0.3, -0.25) is 0 Å². The fourth-order valence-corrected chi connectivity index (χ4v) is 1.32. The fourth-order valence-electron chi connectivity index (χ4n) is 1.18. The third-order valence-corrected chi connectivity index (χ3v) is 2.08. The molecule has 1 N–H and O–H groups in total. The third kappa shape index (κ3) is 3.46. The van der Waals surface area contributed by atoms with E-state index in [1.54, 1.807) is 0 Å². The number of benzene rings is 1. The SMILES string of the molecule is CCOc1ccccc1NCCCCl. The molecule has 78 valence electrons. The zero-order valence-electron chi connectivity index (χ0n) is 8.42. The molecule has 0 atom stereocenters. The lowest BCUT2D eigenvalue weighted by Gasteiger charge is -2.11. The number of hydrogen-bond donors (Lipinski definition) is 1. The van der Waals surface area contributed by atoms with Gasteiger partial charge in [0.25, 0.3) is 0 Å². The van der Waals surface area contributed by atoms with Gasteiger partial charge in [0.05, 0.1) is 12.3 Å². The van der Waals surface area contributed by atoms with Crippen LogP contribution in [-0.2, 0) is 0 Å². The number of nitrogens with one attached hydrogen (secondary N) is 1. The predicted octanol–water partition coefficient (Wildman–Crippen LogP) is 3.13. The maximum absolute atomic E-state index is 5.60. The zero-order valence-corrected chi connectivity index (χ0v) is 9.18. The first kappa shape index (κ1) is 11.2. The molecule has 0 spiro atoms. The summed E-state index contributed by atoms with van der Waals surface area (Å²) >= 11 is 5.60. The van der Waals surface area contributed by atoms with Crippen LogP contribution >= 0.6 is 11.6 Å². The second-order valence-electron chi connectivity index (χ2n) is 2.90. The lowest BCUT2D eigenvalue weighted by Crippen LogP contribution is -2.04. The summed E-state index contributed by atoms with van der Waals surface area (Å²) < 4.78 is 5.47. The molecule has 0 heterocycles. The second kappa shape index (κ2) is 6.55. The quantitative estimate of drug-likeness (QED) is 0.579. The van der Waals surface area contributed by atoms with Crippen molar-refractivity contribution in [3.8, 4) is 5.75 Å². The average Bonchev–Trinajstić information content (AvgIpc) is 2.21. The van der Waals surface area contributed by atoms with Crippen LogP contribution in [0.5, 0.6) is 5.75 Å². The Bertz CT molecular complexity index is 265. The molecule has 0 amide bonds. The average molecular weight is 214 g/mol. The van der Waals surface area contributed by atoms with Crippen molar-refractivity contribution in [3.63, 3.8) is 0 Å². The Kier molecular flexibility index (Phi) is 5.23. The molecule has 0 aliphatic carbocycles. The van der Waals surface area contributed by atoms with Crippen LogP contribution < -0.4 is 10.1 Å². The Balaban J connectivity index is 2.55. The summed E-state index contributed by atoms with van der Waals surface area (Å²) in [7, 11) is 0. The molecule has 0 unspecified atom stereocenters. The van der Waals surface area contributed by atoms with E-state index in [2.05, 4.69) is 5.32 Å². The normalized spacial score (nSPS) is 9.86. The van der Waals surface area contributed by atoms with Crippen LogP contribution in [0.3, 0.4) is 0 Å². The van der Waals surface area contributed by atoms with Crippen molar-refractivity contribution in [1.29, 1.82) is 0 Å². The molecular weight excluding hydrogens is 198 g/mol. The monoisotopic (exact) mass is 213 g/mol. The Labute approximate surface area is 90.2 Å². The van der Waals surface area contributed by atoms with Crippen LogP contribution in [0.15, 0.2) is 24.3 Å². The number of para-hydroxylation sites is 2. The summed E-state index contributed by atoms with van der Waals surface area (Å²) in [6, 6.07) is 7.94. The van der Waals surface area contributed by atoms with Crippen molar-refractivity contribution in [2.24, 2.45) is 0 Å². The highest BCUT2D eigenvalue weighted by atomic mass is 35.5. The molecule has 0 aliphatic heterocycles. The van der Waals surface area contributed by atoms with Gasteiger partial charge in [-0.2, -0.15) is 0 Å². The maximum atomic E-state index is 5.60. The molecule has 0 fully saturated rings. The minimum absolute atomic E-state index is 0.684. The summed E-state index contributed by atoms with van der Waals surface area (Å²) in [5.41, 5.74) is 1.04. The third-order valence-electron chi connectivity index (χ3n) is 1.81. The summed E-state index contributed by atoms with van der Waals surface area (Å²) in [5, 5.41) is 3.29. The van der Waals surface area contributed by atoms with Crippen molar-refractivity contribution in [3.05, 3.63) is 24.3 Å². The van der Waals surface area contributed by atoms with Gasteiger partial charge in [0.2, 0.25) is 0 Å². The standard InChI is InChI=1S/C11H16ClNO/c1-2-14-11-7-4-3-6-10(11)13-9-5-8-12/h3-4,6-7,13H,2,5,8-9H2,1H3. The Morgan fingerprint density at radius 1 is 1.36 bits per heavy atom. The first-order valence-electron chi connectivity index (χ1n) is 4.90. The molecular formula is C11H16ClNO. The Hall–Kier alpha value is -0.890. The van der Waals surface area contributed by atoms with Crippen LogP contribution in [0, 0.1) is 0 Å². The van der Waals surface area contributed by atoms with Gasteiger partial charge in [0.1, 0.15) is 5.75 Å². The second-order valence-corrected chi connectivity index (χ2v) is 3.28. The van der Waals surface area contributed by atoms with E-state index >= 15 is 0 Å². The highest BCUT2D eigenvalue weighted by Gasteiger charge is 1.99. The Morgan fingerprint density at radius 3 is 2.86 bits per heavy atom. The first-order valence-corrected chi connectivity index (χ1v) is 5.43. The van der Waals surface area contributed by atoms with Crippen LogP contribution in [0.4, 0.5) is 5.69 Å². The number of hydrogen-bond acceptors (Lipinski definition) is 2. The number of rotatable bonds is 6. The Morgan fingerprint density at radius 2 is 2.14 bits per heavy atom. The van der Waals surface area contributed by atoms with Crippen molar-refractivity contribution < 1.29 is 4.74 Å². The summed E-state index contributed by atoms with van der Waals surface area (Å²) in [5.74, 6) is 1.59.